The van der Waals surface area contributed by atoms with Gasteiger partial charge in [0.05, 0.1) is 28.4 Å². The quantitative estimate of drug-likeness (QED) is 0.171. The number of anilines is 1. The molecule has 10 heteroatoms. The van der Waals surface area contributed by atoms with Gasteiger partial charge in [0, 0.05) is 0 Å². The summed E-state index contributed by atoms with van der Waals surface area (Å²) in [6.07, 6.45) is 1.48. The Hall–Kier alpha value is -4.15. The minimum absolute atomic E-state index is 0.00613. The van der Waals surface area contributed by atoms with E-state index in [0.29, 0.717) is 28.3 Å². The lowest BCUT2D eigenvalue weighted by Crippen LogP contribution is -2.39. The summed E-state index contributed by atoms with van der Waals surface area (Å²) < 4.78 is 39.7. The minimum atomic E-state index is -4.10. The number of methoxy groups -OCH3 is 1. The van der Waals surface area contributed by atoms with Crippen LogP contribution in [-0.4, -0.2) is 34.2 Å². The van der Waals surface area contributed by atoms with Crippen LogP contribution in [0, 0.1) is 6.92 Å². The number of halogens is 1. The molecule has 40 heavy (non-hydrogen) atoms. The van der Waals surface area contributed by atoms with Gasteiger partial charge in [-0.25, -0.2) is 13.8 Å². The van der Waals surface area contributed by atoms with E-state index in [2.05, 4.69) is 26.5 Å². The summed E-state index contributed by atoms with van der Waals surface area (Å²) in [7, 11) is -2.60. The standard InChI is InChI=1S/C30H28BrN3O5S/c1-22-8-12-25(13-9-22)34(40(36,37)27-16-17-29(38-2)28(31)18-27)20-30(35)33-32-19-23-10-14-26(15-11-23)39-21-24-6-4-3-5-7-24/h3-19H,20-21H2,1-2H3,(H,33,35)/b32-19-. The second-order valence-electron chi connectivity index (χ2n) is 8.78. The molecule has 0 atom stereocenters. The van der Waals surface area contributed by atoms with Gasteiger partial charge in [0.15, 0.2) is 0 Å². The first-order valence-corrected chi connectivity index (χ1v) is 14.5. The SMILES string of the molecule is COc1ccc(S(=O)(=O)N(CC(=O)N/N=C\c2ccc(OCc3ccccc3)cc2)c2ccc(C)cc2)cc1Br. The average molecular weight is 623 g/mol. The number of ether oxygens (including phenoxy) is 2. The van der Waals surface area contributed by atoms with Crippen LogP contribution in [0.1, 0.15) is 16.7 Å². The van der Waals surface area contributed by atoms with E-state index in [1.165, 1.54) is 25.5 Å². The lowest BCUT2D eigenvalue weighted by atomic mass is 10.2. The smallest absolute Gasteiger partial charge is 0.264 e. The number of carbonyl (C=O) groups is 1. The molecule has 4 rings (SSSR count). The van der Waals surface area contributed by atoms with Gasteiger partial charge in [-0.15, -0.1) is 0 Å². The Morgan fingerprint density at radius 1 is 0.975 bits per heavy atom. The molecule has 0 bridgehead atoms. The van der Waals surface area contributed by atoms with Crippen molar-refractivity contribution in [1.82, 2.24) is 5.43 Å². The van der Waals surface area contributed by atoms with Crippen LogP contribution in [0.3, 0.4) is 0 Å². The summed E-state index contributed by atoms with van der Waals surface area (Å²) >= 11 is 3.33. The van der Waals surface area contributed by atoms with Crippen molar-refractivity contribution in [2.75, 3.05) is 18.0 Å². The van der Waals surface area contributed by atoms with Gasteiger partial charge in [0.25, 0.3) is 15.9 Å². The molecule has 0 spiro atoms. The number of aryl methyl sites for hydroxylation is 1. The highest BCUT2D eigenvalue weighted by Gasteiger charge is 2.28. The number of nitrogens with one attached hydrogen (secondary N) is 1. The van der Waals surface area contributed by atoms with Crippen LogP contribution in [0.15, 0.2) is 112 Å². The van der Waals surface area contributed by atoms with Crippen molar-refractivity contribution in [2.45, 2.75) is 18.4 Å². The first-order valence-electron chi connectivity index (χ1n) is 12.3. The Labute approximate surface area is 242 Å². The highest BCUT2D eigenvalue weighted by molar-refractivity contribution is 9.10. The summed E-state index contributed by atoms with van der Waals surface area (Å²) in [6, 6.07) is 28.4. The third-order valence-electron chi connectivity index (χ3n) is 5.85. The number of benzene rings is 4. The number of hydrazone groups is 1. The van der Waals surface area contributed by atoms with Crippen molar-refractivity contribution in [3.05, 3.63) is 118 Å². The Bertz CT molecular complexity index is 1580. The highest BCUT2D eigenvalue weighted by Crippen LogP contribution is 2.30. The Kier molecular flexibility index (Phi) is 9.57. The molecule has 8 nitrogen and oxygen atoms in total. The lowest BCUT2D eigenvalue weighted by molar-refractivity contribution is -0.119. The molecule has 4 aromatic carbocycles. The molecule has 1 amide bonds. The van der Waals surface area contributed by atoms with Gasteiger partial charge in [-0.3, -0.25) is 9.10 Å². The van der Waals surface area contributed by atoms with Gasteiger partial charge < -0.3 is 9.47 Å². The van der Waals surface area contributed by atoms with E-state index in [4.69, 9.17) is 9.47 Å². The molecule has 0 aliphatic heterocycles. The maximum absolute atomic E-state index is 13.6. The number of nitrogens with zero attached hydrogens (tertiary/aromatic N) is 2. The molecule has 0 aliphatic carbocycles. The van der Waals surface area contributed by atoms with Crippen molar-refractivity contribution < 1.29 is 22.7 Å². The molecule has 0 aliphatic rings. The van der Waals surface area contributed by atoms with E-state index in [0.717, 1.165) is 21.0 Å². The topological polar surface area (TPSA) is 97.3 Å². The van der Waals surface area contributed by atoms with Gasteiger partial charge in [0.2, 0.25) is 0 Å². The number of carbonyl (C=O) groups excluding carboxylic acids is 1. The van der Waals surface area contributed by atoms with E-state index >= 15 is 0 Å². The number of rotatable bonds is 11. The number of hydrogen-bond donors (Lipinski definition) is 1. The number of sulfonamides is 1. The fourth-order valence-electron chi connectivity index (χ4n) is 3.70. The van der Waals surface area contributed by atoms with Crippen molar-refractivity contribution in [1.29, 1.82) is 0 Å². The highest BCUT2D eigenvalue weighted by atomic mass is 79.9. The summed E-state index contributed by atoms with van der Waals surface area (Å²) in [5.41, 5.74) is 5.53. The normalized spacial score (nSPS) is 11.3. The van der Waals surface area contributed by atoms with Gasteiger partial charge in [-0.2, -0.15) is 5.10 Å². The first-order chi connectivity index (χ1) is 19.3. The van der Waals surface area contributed by atoms with Crippen LogP contribution in [0.2, 0.25) is 0 Å². The molecular weight excluding hydrogens is 594 g/mol. The van der Waals surface area contributed by atoms with Gasteiger partial charge in [-0.05, 0) is 88.6 Å². The number of hydrogen-bond acceptors (Lipinski definition) is 6. The summed E-state index contributed by atoms with van der Waals surface area (Å²) in [5, 5.41) is 4.01. The maximum Gasteiger partial charge on any atom is 0.264 e. The molecule has 0 saturated heterocycles. The molecule has 4 aromatic rings. The van der Waals surface area contributed by atoms with Crippen molar-refractivity contribution in [3.63, 3.8) is 0 Å². The third kappa shape index (κ3) is 7.49. The van der Waals surface area contributed by atoms with E-state index < -0.39 is 22.5 Å². The first kappa shape index (κ1) is 28.8. The van der Waals surface area contributed by atoms with Crippen LogP contribution in [-0.2, 0) is 21.4 Å². The molecule has 0 saturated carbocycles. The van der Waals surface area contributed by atoms with E-state index in [1.54, 1.807) is 42.5 Å². The van der Waals surface area contributed by atoms with Crippen LogP contribution >= 0.6 is 15.9 Å². The van der Waals surface area contributed by atoms with Crippen LogP contribution in [0.4, 0.5) is 5.69 Å². The summed E-state index contributed by atoms with van der Waals surface area (Å²) in [5.74, 6) is 0.591. The van der Waals surface area contributed by atoms with Gasteiger partial charge in [-0.1, -0.05) is 48.0 Å². The Balaban J connectivity index is 1.43. The predicted octanol–water partition coefficient (Wildman–Crippen LogP) is 5.69. The molecule has 0 unspecified atom stereocenters. The Morgan fingerprint density at radius 3 is 2.33 bits per heavy atom. The second-order valence-corrected chi connectivity index (χ2v) is 11.5. The fraction of sp³-hybridized carbons (Fsp3) is 0.133. The monoisotopic (exact) mass is 621 g/mol. The van der Waals surface area contributed by atoms with Crippen molar-refractivity contribution in [3.8, 4) is 11.5 Å². The molecule has 0 fully saturated rings. The predicted molar refractivity (Wildman–Crippen MR) is 159 cm³/mol. The van der Waals surface area contributed by atoms with Crippen LogP contribution in [0.5, 0.6) is 11.5 Å². The van der Waals surface area contributed by atoms with E-state index in [9.17, 15) is 13.2 Å². The molecule has 1 N–H and O–H groups in total. The summed E-state index contributed by atoms with van der Waals surface area (Å²) in [4.78, 5) is 12.8. The van der Waals surface area contributed by atoms with E-state index in [1.807, 2.05) is 49.4 Å². The van der Waals surface area contributed by atoms with Crippen LogP contribution in [0.25, 0.3) is 0 Å². The zero-order chi connectivity index (χ0) is 28.5. The number of amides is 1. The zero-order valence-corrected chi connectivity index (χ0v) is 24.4. The van der Waals surface area contributed by atoms with Crippen LogP contribution < -0.4 is 19.2 Å². The molecule has 206 valence electrons. The van der Waals surface area contributed by atoms with Crippen molar-refractivity contribution in [2.24, 2.45) is 5.10 Å². The lowest BCUT2D eigenvalue weighted by Gasteiger charge is -2.24. The molecule has 0 radical (unpaired) electrons. The minimum Gasteiger partial charge on any atom is -0.496 e. The zero-order valence-electron chi connectivity index (χ0n) is 22.0. The van der Waals surface area contributed by atoms with Gasteiger partial charge in [0.1, 0.15) is 24.7 Å². The molecule has 0 heterocycles. The van der Waals surface area contributed by atoms with Gasteiger partial charge >= 0.3 is 0 Å². The third-order valence-corrected chi connectivity index (χ3v) is 8.24. The van der Waals surface area contributed by atoms with E-state index in [-0.39, 0.29) is 4.90 Å². The largest absolute Gasteiger partial charge is 0.496 e. The molecular formula is C30H28BrN3O5S. The molecule has 0 aromatic heterocycles. The maximum atomic E-state index is 13.6. The Morgan fingerprint density at radius 2 is 1.68 bits per heavy atom. The average Bonchev–Trinajstić information content (AvgIpc) is 2.96. The van der Waals surface area contributed by atoms with Crippen molar-refractivity contribution >= 4 is 43.8 Å². The fourth-order valence-corrected chi connectivity index (χ4v) is 5.84. The second kappa shape index (κ2) is 13.3. The summed E-state index contributed by atoms with van der Waals surface area (Å²) in [6.45, 7) is 1.88.